The Hall–Kier alpha value is -0.870. The van der Waals surface area contributed by atoms with Gasteiger partial charge in [-0.2, -0.15) is 0 Å². The van der Waals surface area contributed by atoms with E-state index in [1.165, 1.54) is 0 Å². The molecule has 2 rings (SSSR count). The average molecular weight is 226 g/mol. The van der Waals surface area contributed by atoms with Crippen LogP contribution in [0, 0.1) is 0 Å². The molecule has 0 aromatic carbocycles. The van der Waals surface area contributed by atoms with Gasteiger partial charge in [-0.1, -0.05) is 0 Å². The summed E-state index contributed by atoms with van der Waals surface area (Å²) in [5, 5.41) is 0. The van der Waals surface area contributed by atoms with Crippen molar-refractivity contribution in [3.63, 3.8) is 0 Å². The first-order chi connectivity index (χ1) is 5.83. The molecule has 2 N–H and O–H groups in total. The molecule has 0 aliphatic heterocycles. The van der Waals surface area contributed by atoms with Crippen molar-refractivity contribution < 1.29 is 0 Å². The highest BCUT2D eigenvalue weighted by Crippen LogP contribution is 2.16. The highest BCUT2D eigenvalue weighted by molar-refractivity contribution is 9.10. The van der Waals surface area contributed by atoms with E-state index in [2.05, 4.69) is 20.9 Å². The molecule has 0 unspecified atom stereocenters. The smallest absolute Gasteiger partial charge is 0.0893 e. The molecule has 2 heterocycles. The highest BCUT2D eigenvalue weighted by atomic mass is 79.9. The maximum atomic E-state index is 5.53. The SMILES string of the molecule is NCc1nccn2c(Br)ccc12. The van der Waals surface area contributed by atoms with Crippen LogP contribution in [0.4, 0.5) is 0 Å². The Balaban J connectivity index is 2.81. The summed E-state index contributed by atoms with van der Waals surface area (Å²) in [6, 6.07) is 3.98. The van der Waals surface area contributed by atoms with Gasteiger partial charge in [0.25, 0.3) is 0 Å². The van der Waals surface area contributed by atoms with Gasteiger partial charge in [0, 0.05) is 18.9 Å². The maximum Gasteiger partial charge on any atom is 0.0893 e. The van der Waals surface area contributed by atoms with Gasteiger partial charge < -0.3 is 10.1 Å². The first kappa shape index (κ1) is 7.76. The van der Waals surface area contributed by atoms with Gasteiger partial charge in [-0.3, -0.25) is 4.98 Å². The van der Waals surface area contributed by atoms with Crippen molar-refractivity contribution in [3.8, 4) is 0 Å². The molecule has 2 aromatic rings. The van der Waals surface area contributed by atoms with Gasteiger partial charge in [-0.25, -0.2) is 0 Å². The van der Waals surface area contributed by atoms with E-state index < -0.39 is 0 Å². The van der Waals surface area contributed by atoms with Gasteiger partial charge in [0.15, 0.2) is 0 Å². The van der Waals surface area contributed by atoms with Crippen molar-refractivity contribution in [3.05, 3.63) is 34.8 Å². The normalized spacial score (nSPS) is 10.8. The standard InChI is InChI=1S/C8H8BrN3/c9-8-2-1-7-6(5-10)11-3-4-12(7)8/h1-4H,5,10H2. The largest absolute Gasteiger partial charge is 0.325 e. The van der Waals surface area contributed by atoms with Crippen LogP contribution in [0.1, 0.15) is 5.69 Å². The predicted octanol–water partition coefficient (Wildman–Crippen LogP) is 1.56. The van der Waals surface area contributed by atoms with Crippen molar-refractivity contribution >= 4 is 21.4 Å². The maximum absolute atomic E-state index is 5.53. The number of aromatic nitrogens is 2. The summed E-state index contributed by atoms with van der Waals surface area (Å²) in [4.78, 5) is 4.17. The van der Waals surface area contributed by atoms with Gasteiger partial charge in [0.1, 0.15) is 0 Å². The van der Waals surface area contributed by atoms with Crippen molar-refractivity contribution in [2.24, 2.45) is 5.73 Å². The zero-order valence-corrected chi connectivity index (χ0v) is 7.95. The van der Waals surface area contributed by atoms with E-state index in [1.807, 2.05) is 22.7 Å². The molecule has 0 bridgehead atoms. The zero-order chi connectivity index (χ0) is 8.55. The predicted molar refractivity (Wildman–Crippen MR) is 50.8 cm³/mol. The molecule has 0 atom stereocenters. The average Bonchev–Trinajstić information content (AvgIpc) is 2.48. The van der Waals surface area contributed by atoms with Gasteiger partial charge in [0.2, 0.25) is 0 Å². The van der Waals surface area contributed by atoms with Crippen LogP contribution in [-0.2, 0) is 6.54 Å². The monoisotopic (exact) mass is 225 g/mol. The first-order valence-corrected chi connectivity index (χ1v) is 4.43. The third kappa shape index (κ3) is 1.04. The summed E-state index contributed by atoms with van der Waals surface area (Å²) in [6.45, 7) is 0.473. The third-order valence-electron chi connectivity index (χ3n) is 1.80. The minimum Gasteiger partial charge on any atom is -0.325 e. The van der Waals surface area contributed by atoms with E-state index >= 15 is 0 Å². The lowest BCUT2D eigenvalue weighted by molar-refractivity contribution is 0.967. The first-order valence-electron chi connectivity index (χ1n) is 3.63. The molecule has 2 aromatic heterocycles. The van der Waals surface area contributed by atoms with E-state index in [-0.39, 0.29) is 0 Å². The number of fused-ring (bicyclic) bond motifs is 1. The lowest BCUT2D eigenvalue weighted by Crippen LogP contribution is -2.01. The molecule has 12 heavy (non-hydrogen) atoms. The number of hydrogen-bond acceptors (Lipinski definition) is 2. The van der Waals surface area contributed by atoms with Gasteiger partial charge in [-0.05, 0) is 28.1 Å². The minimum atomic E-state index is 0.473. The number of nitrogens with two attached hydrogens (primary N) is 1. The Labute approximate surface area is 78.3 Å². The second kappa shape index (κ2) is 2.88. The molecule has 0 radical (unpaired) electrons. The molecular formula is C8H8BrN3. The summed E-state index contributed by atoms with van der Waals surface area (Å²) in [5.41, 5.74) is 7.52. The molecule has 0 aliphatic carbocycles. The number of rotatable bonds is 1. The zero-order valence-electron chi connectivity index (χ0n) is 6.37. The second-order valence-corrected chi connectivity index (χ2v) is 3.30. The minimum absolute atomic E-state index is 0.473. The van der Waals surface area contributed by atoms with Crippen molar-refractivity contribution in [2.45, 2.75) is 6.54 Å². The van der Waals surface area contributed by atoms with Crippen LogP contribution in [0.3, 0.4) is 0 Å². The lowest BCUT2D eigenvalue weighted by Gasteiger charge is -2.00. The van der Waals surface area contributed by atoms with Crippen LogP contribution in [0.25, 0.3) is 5.52 Å². The summed E-state index contributed by atoms with van der Waals surface area (Å²) in [5.74, 6) is 0. The molecule has 4 heteroatoms. The van der Waals surface area contributed by atoms with Gasteiger partial charge >= 0.3 is 0 Å². The fourth-order valence-electron chi connectivity index (χ4n) is 1.22. The van der Waals surface area contributed by atoms with E-state index in [0.29, 0.717) is 6.54 Å². The molecule has 62 valence electrons. The van der Waals surface area contributed by atoms with Crippen LogP contribution >= 0.6 is 15.9 Å². The van der Waals surface area contributed by atoms with Crippen LogP contribution in [0.5, 0.6) is 0 Å². The molecule has 0 amide bonds. The molecule has 0 saturated carbocycles. The van der Waals surface area contributed by atoms with Crippen LogP contribution in [0.15, 0.2) is 29.1 Å². The molecule has 0 fully saturated rings. The van der Waals surface area contributed by atoms with Gasteiger partial charge in [-0.15, -0.1) is 0 Å². The summed E-state index contributed by atoms with van der Waals surface area (Å²) < 4.78 is 3.03. The third-order valence-corrected chi connectivity index (χ3v) is 2.45. The Morgan fingerprint density at radius 3 is 3.08 bits per heavy atom. The van der Waals surface area contributed by atoms with E-state index in [4.69, 9.17) is 5.73 Å². The Bertz CT molecular complexity index is 408. The quantitative estimate of drug-likeness (QED) is 0.801. The van der Waals surface area contributed by atoms with E-state index in [9.17, 15) is 0 Å². The molecule has 0 spiro atoms. The number of nitrogens with zero attached hydrogens (tertiary/aromatic N) is 2. The molecule has 0 aliphatic rings. The van der Waals surface area contributed by atoms with Gasteiger partial charge in [0.05, 0.1) is 15.8 Å². The summed E-state index contributed by atoms with van der Waals surface area (Å²) in [6.07, 6.45) is 3.65. The fourth-order valence-corrected chi connectivity index (χ4v) is 1.66. The number of hydrogen-bond donors (Lipinski definition) is 1. The van der Waals surface area contributed by atoms with Crippen LogP contribution in [0.2, 0.25) is 0 Å². The number of halogens is 1. The van der Waals surface area contributed by atoms with Crippen molar-refractivity contribution in [2.75, 3.05) is 0 Å². The topological polar surface area (TPSA) is 43.3 Å². The van der Waals surface area contributed by atoms with Crippen molar-refractivity contribution in [1.82, 2.24) is 9.38 Å². The molecule has 3 nitrogen and oxygen atoms in total. The Morgan fingerprint density at radius 1 is 1.50 bits per heavy atom. The summed E-state index contributed by atoms with van der Waals surface area (Å²) >= 11 is 3.42. The highest BCUT2D eigenvalue weighted by Gasteiger charge is 2.02. The summed E-state index contributed by atoms with van der Waals surface area (Å²) in [7, 11) is 0. The van der Waals surface area contributed by atoms with Crippen molar-refractivity contribution in [1.29, 1.82) is 0 Å². The van der Waals surface area contributed by atoms with Crippen LogP contribution < -0.4 is 5.73 Å². The lowest BCUT2D eigenvalue weighted by atomic mass is 10.3. The second-order valence-electron chi connectivity index (χ2n) is 2.49. The van der Waals surface area contributed by atoms with E-state index in [1.54, 1.807) is 6.20 Å². The molecular weight excluding hydrogens is 218 g/mol. The Kier molecular flexibility index (Phi) is 1.86. The molecule has 0 saturated heterocycles. The van der Waals surface area contributed by atoms with Crippen LogP contribution in [-0.4, -0.2) is 9.38 Å². The Morgan fingerprint density at radius 2 is 2.33 bits per heavy atom. The van der Waals surface area contributed by atoms with E-state index in [0.717, 1.165) is 15.8 Å². The fraction of sp³-hybridized carbons (Fsp3) is 0.125.